The van der Waals surface area contributed by atoms with E-state index in [1.165, 1.54) is 27.3 Å². The van der Waals surface area contributed by atoms with Crippen molar-refractivity contribution in [3.63, 3.8) is 0 Å². The fraction of sp³-hybridized carbons (Fsp3) is 0.348. The first-order valence-corrected chi connectivity index (χ1v) is 9.45. The van der Waals surface area contributed by atoms with Crippen LogP contribution in [0.2, 0.25) is 0 Å². The number of carbonyl (C=O) groups excluding carboxylic acids is 1. The minimum absolute atomic E-state index is 0.134. The van der Waals surface area contributed by atoms with Crippen LogP contribution in [-0.4, -0.2) is 25.9 Å². The van der Waals surface area contributed by atoms with Crippen LogP contribution in [0, 0.1) is 0 Å². The zero-order chi connectivity index (χ0) is 18.3. The summed E-state index contributed by atoms with van der Waals surface area (Å²) in [5.41, 5.74) is 6.29. The number of quaternary nitrogens is 1. The molecule has 1 atom stereocenters. The Morgan fingerprint density at radius 1 is 1.12 bits per heavy atom. The molecule has 1 N–H and O–H groups in total. The number of rotatable bonds is 3. The smallest absolute Gasteiger partial charge is 0.211 e. The van der Waals surface area contributed by atoms with E-state index in [4.69, 9.17) is 0 Å². The van der Waals surface area contributed by atoms with E-state index in [0.29, 0.717) is 6.54 Å². The van der Waals surface area contributed by atoms with Crippen LogP contribution < -0.4 is 9.80 Å². The molecule has 0 amide bonds. The summed E-state index contributed by atoms with van der Waals surface area (Å²) in [6.07, 6.45) is 2.94. The number of ketones is 1. The summed E-state index contributed by atoms with van der Waals surface area (Å²) >= 11 is 0. The van der Waals surface area contributed by atoms with Gasteiger partial charge in [0, 0.05) is 41.9 Å². The average molecular weight is 347 g/mol. The van der Waals surface area contributed by atoms with Crippen molar-refractivity contribution in [3.8, 4) is 0 Å². The number of anilines is 1. The molecule has 0 saturated heterocycles. The van der Waals surface area contributed by atoms with Gasteiger partial charge in [0.1, 0.15) is 13.1 Å². The predicted molar refractivity (Wildman–Crippen MR) is 106 cm³/mol. The van der Waals surface area contributed by atoms with E-state index < -0.39 is 0 Å². The van der Waals surface area contributed by atoms with Crippen LogP contribution >= 0.6 is 0 Å². The highest BCUT2D eigenvalue weighted by atomic mass is 16.1. The number of fused-ring (bicyclic) bond motifs is 2. The van der Waals surface area contributed by atoms with E-state index in [2.05, 4.69) is 74.3 Å². The Morgan fingerprint density at radius 3 is 2.58 bits per heavy atom. The summed E-state index contributed by atoms with van der Waals surface area (Å²) in [5.74, 6) is 0.224. The minimum atomic E-state index is -0.134. The summed E-state index contributed by atoms with van der Waals surface area (Å²) in [6, 6.07) is 17.1. The zero-order valence-electron chi connectivity index (χ0n) is 15.9. The van der Waals surface area contributed by atoms with Gasteiger partial charge >= 0.3 is 0 Å². The van der Waals surface area contributed by atoms with Gasteiger partial charge in [-0.25, -0.2) is 0 Å². The number of likely N-dealkylation sites (N-methyl/N-ethyl adjacent to an activating group) is 1. The van der Waals surface area contributed by atoms with E-state index in [-0.39, 0.29) is 11.2 Å². The lowest BCUT2D eigenvalue weighted by Crippen LogP contribution is -3.12. The molecular weight excluding hydrogens is 320 g/mol. The zero-order valence-corrected chi connectivity index (χ0v) is 15.9. The summed E-state index contributed by atoms with van der Waals surface area (Å²) in [6.45, 7) is 6.96. The summed E-state index contributed by atoms with van der Waals surface area (Å²) in [4.78, 5) is 16.4. The molecule has 0 aliphatic carbocycles. The SMILES string of the molecule is CN1/C(=C\C(=O)C[NH+]2CCc3ccccc3C2)C(C)(C)c2ccccc21. The van der Waals surface area contributed by atoms with E-state index in [1.807, 2.05) is 6.08 Å². The van der Waals surface area contributed by atoms with Crippen molar-refractivity contribution in [1.29, 1.82) is 0 Å². The molecule has 3 heteroatoms. The van der Waals surface area contributed by atoms with E-state index >= 15 is 0 Å². The molecule has 0 aromatic heterocycles. The monoisotopic (exact) mass is 347 g/mol. The molecule has 0 saturated carbocycles. The highest BCUT2D eigenvalue weighted by Gasteiger charge is 2.38. The molecule has 0 radical (unpaired) electrons. The van der Waals surface area contributed by atoms with Crippen LogP contribution in [0.25, 0.3) is 0 Å². The van der Waals surface area contributed by atoms with Crippen molar-refractivity contribution >= 4 is 11.5 Å². The summed E-state index contributed by atoms with van der Waals surface area (Å²) in [5, 5.41) is 0. The van der Waals surface area contributed by atoms with Gasteiger partial charge in [0.25, 0.3) is 0 Å². The lowest BCUT2D eigenvalue weighted by molar-refractivity contribution is -0.907. The van der Waals surface area contributed by atoms with Crippen molar-refractivity contribution in [1.82, 2.24) is 0 Å². The molecule has 0 bridgehead atoms. The Bertz CT molecular complexity index is 881. The first kappa shape index (κ1) is 17.0. The highest BCUT2D eigenvalue weighted by Crippen LogP contribution is 2.46. The molecule has 1 unspecified atom stereocenters. The number of hydrogen-bond donors (Lipinski definition) is 1. The van der Waals surface area contributed by atoms with Crippen LogP contribution in [0.5, 0.6) is 0 Å². The lowest BCUT2D eigenvalue weighted by atomic mass is 9.83. The Kier molecular flexibility index (Phi) is 4.20. The third-order valence-corrected chi connectivity index (χ3v) is 5.97. The van der Waals surface area contributed by atoms with Gasteiger partial charge in [0.15, 0.2) is 0 Å². The normalized spacial score (nSPS) is 22.2. The minimum Gasteiger partial charge on any atom is -0.347 e. The predicted octanol–water partition coefficient (Wildman–Crippen LogP) is 2.51. The van der Waals surface area contributed by atoms with Gasteiger partial charge in [-0.1, -0.05) is 56.3 Å². The number of nitrogens with zero attached hydrogens (tertiary/aromatic N) is 1. The van der Waals surface area contributed by atoms with Crippen LogP contribution in [0.1, 0.15) is 30.5 Å². The fourth-order valence-electron chi connectivity index (χ4n) is 4.50. The van der Waals surface area contributed by atoms with Crippen molar-refractivity contribution in [2.45, 2.75) is 32.2 Å². The molecule has 2 heterocycles. The first-order valence-electron chi connectivity index (χ1n) is 9.45. The molecule has 0 spiro atoms. The van der Waals surface area contributed by atoms with Crippen molar-refractivity contribution in [2.75, 3.05) is 25.0 Å². The van der Waals surface area contributed by atoms with Gasteiger partial charge in [-0.2, -0.15) is 0 Å². The Balaban J connectivity index is 1.52. The first-order chi connectivity index (χ1) is 12.5. The summed E-state index contributed by atoms with van der Waals surface area (Å²) < 4.78 is 0. The molecular formula is C23H27N2O+. The van der Waals surface area contributed by atoms with E-state index in [0.717, 1.165) is 25.2 Å². The van der Waals surface area contributed by atoms with Crippen LogP contribution in [0.3, 0.4) is 0 Å². The second-order valence-corrected chi connectivity index (χ2v) is 8.07. The molecule has 0 fully saturated rings. The third-order valence-electron chi connectivity index (χ3n) is 5.97. The molecule has 26 heavy (non-hydrogen) atoms. The molecule has 4 rings (SSSR count). The van der Waals surface area contributed by atoms with Crippen LogP contribution in [0.15, 0.2) is 60.3 Å². The number of hydrogen-bond acceptors (Lipinski definition) is 2. The molecule has 2 aromatic carbocycles. The standard InChI is InChI=1S/C23H26N2O/c1-23(2)20-10-6-7-11-21(20)24(3)22(23)14-19(26)16-25-13-12-17-8-4-5-9-18(17)15-25/h4-11,14H,12-13,15-16H2,1-3H3/p+1/b22-14-. The van der Waals surface area contributed by atoms with Gasteiger partial charge in [-0.05, 0) is 17.2 Å². The lowest BCUT2D eigenvalue weighted by Gasteiger charge is -2.26. The van der Waals surface area contributed by atoms with Crippen LogP contribution in [0.4, 0.5) is 5.69 Å². The van der Waals surface area contributed by atoms with E-state index in [9.17, 15) is 4.79 Å². The summed E-state index contributed by atoms with van der Waals surface area (Å²) in [7, 11) is 2.07. The topological polar surface area (TPSA) is 24.8 Å². The highest BCUT2D eigenvalue weighted by molar-refractivity contribution is 5.93. The van der Waals surface area contributed by atoms with Gasteiger partial charge in [-0.15, -0.1) is 0 Å². The largest absolute Gasteiger partial charge is 0.347 e. The van der Waals surface area contributed by atoms with Crippen molar-refractivity contribution in [3.05, 3.63) is 77.0 Å². The van der Waals surface area contributed by atoms with E-state index in [1.54, 1.807) is 0 Å². The number of nitrogens with one attached hydrogen (secondary N) is 1. The number of allylic oxidation sites excluding steroid dienone is 1. The molecule has 3 nitrogen and oxygen atoms in total. The quantitative estimate of drug-likeness (QED) is 0.863. The Labute approximate surface area is 155 Å². The van der Waals surface area contributed by atoms with Gasteiger partial charge in [-0.3, -0.25) is 4.79 Å². The third kappa shape index (κ3) is 2.86. The maximum absolute atomic E-state index is 12.8. The molecule has 2 aliphatic rings. The van der Waals surface area contributed by atoms with Gasteiger partial charge in [0.05, 0.1) is 6.54 Å². The number of carbonyl (C=O) groups is 1. The molecule has 2 aliphatic heterocycles. The second kappa shape index (κ2) is 6.40. The average Bonchev–Trinajstić information content (AvgIpc) is 2.83. The van der Waals surface area contributed by atoms with Crippen molar-refractivity contribution < 1.29 is 9.69 Å². The number of benzene rings is 2. The molecule has 134 valence electrons. The Hall–Kier alpha value is -2.39. The van der Waals surface area contributed by atoms with Gasteiger partial charge < -0.3 is 9.80 Å². The van der Waals surface area contributed by atoms with Crippen LogP contribution in [-0.2, 0) is 23.2 Å². The second-order valence-electron chi connectivity index (χ2n) is 8.07. The van der Waals surface area contributed by atoms with Gasteiger partial charge in [0.2, 0.25) is 5.78 Å². The molecule has 2 aromatic rings. The maximum Gasteiger partial charge on any atom is 0.211 e. The maximum atomic E-state index is 12.8. The Morgan fingerprint density at radius 2 is 1.81 bits per heavy atom. The number of para-hydroxylation sites is 1. The fourth-order valence-corrected chi connectivity index (χ4v) is 4.50. The van der Waals surface area contributed by atoms with Crippen molar-refractivity contribution in [2.24, 2.45) is 0 Å².